The summed E-state index contributed by atoms with van der Waals surface area (Å²) in [6, 6.07) is 15.3. The predicted molar refractivity (Wildman–Crippen MR) is 116 cm³/mol. The SMILES string of the molecule is COc1ccc(CSc2nc3ccccc3c(=O)n2CCn2cc(Cl)cn2)cc1. The molecule has 0 unspecified atom stereocenters. The normalized spacial score (nSPS) is 11.1. The highest BCUT2D eigenvalue weighted by atomic mass is 35.5. The number of fused-ring (bicyclic) bond motifs is 1. The van der Waals surface area contributed by atoms with Gasteiger partial charge in [-0.25, -0.2) is 4.98 Å². The van der Waals surface area contributed by atoms with Crippen LogP contribution in [0.4, 0.5) is 0 Å². The van der Waals surface area contributed by atoms with Gasteiger partial charge < -0.3 is 4.74 Å². The maximum absolute atomic E-state index is 13.1. The minimum absolute atomic E-state index is 0.0499. The third-order valence-electron chi connectivity index (χ3n) is 4.51. The number of methoxy groups -OCH3 is 1. The summed E-state index contributed by atoms with van der Waals surface area (Å²) < 4.78 is 8.65. The van der Waals surface area contributed by atoms with Crippen LogP contribution < -0.4 is 10.3 Å². The Balaban J connectivity index is 1.63. The molecule has 2 heterocycles. The van der Waals surface area contributed by atoms with Gasteiger partial charge >= 0.3 is 0 Å². The fourth-order valence-electron chi connectivity index (χ4n) is 2.99. The summed E-state index contributed by atoms with van der Waals surface area (Å²) in [5.41, 5.74) is 1.78. The molecule has 0 bridgehead atoms. The Bertz CT molecular complexity index is 1190. The lowest BCUT2D eigenvalue weighted by Crippen LogP contribution is -2.25. The lowest BCUT2D eigenvalue weighted by atomic mass is 10.2. The van der Waals surface area contributed by atoms with Crippen molar-refractivity contribution < 1.29 is 4.74 Å². The summed E-state index contributed by atoms with van der Waals surface area (Å²) in [5, 5.41) is 6.06. The van der Waals surface area contributed by atoms with Gasteiger partial charge in [0.25, 0.3) is 5.56 Å². The molecule has 0 amide bonds. The summed E-state index contributed by atoms with van der Waals surface area (Å²) >= 11 is 7.48. The topological polar surface area (TPSA) is 61.9 Å². The molecule has 0 radical (unpaired) electrons. The van der Waals surface area contributed by atoms with Crippen molar-refractivity contribution in [2.45, 2.75) is 24.0 Å². The summed E-state index contributed by atoms with van der Waals surface area (Å²) in [7, 11) is 1.65. The first-order valence-corrected chi connectivity index (χ1v) is 10.4. The van der Waals surface area contributed by atoms with E-state index in [1.54, 1.807) is 28.8 Å². The molecule has 6 nitrogen and oxygen atoms in total. The van der Waals surface area contributed by atoms with E-state index in [0.717, 1.165) is 11.3 Å². The molecule has 0 aliphatic carbocycles. The molecule has 0 N–H and O–H groups in total. The van der Waals surface area contributed by atoms with Gasteiger partial charge in [-0.3, -0.25) is 14.0 Å². The van der Waals surface area contributed by atoms with Crippen molar-refractivity contribution in [2.75, 3.05) is 7.11 Å². The Morgan fingerprint density at radius 2 is 1.90 bits per heavy atom. The van der Waals surface area contributed by atoms with Crippen LogP contribution in [0.3, 0.4) is 0 Å². The maximum atomic E-state index is 13.1. The molecule has 0 spiro atoms. The van der Waals surface area contributed by atoms with Crippen LogP contribution in [-0.4, -0.2) is 26.4 Å². The van der Waals surface area contributed by atoms with Crippen molar-refractivity contribution >= 4 is 34.3 Å². The quantitative estimate of drug-likeness (QED) is 0.326. The molecule has 0 saturated carbocycles. The van der Waals surface area contributed by atoms with Gasteiger partial charge in [0.05, 0.1) is 35.8 Å². The van der Waals surface area contributed by atoms with Gasteiger partial charge in [-0.05, 0) is 29.8 Å². The predicted octanol–water partition coefficient (Wildman–Crippen LogP) is 4.25. The maximum Gasteiger partial charge on any atom is 0.262 e. The van der Waals surface area contributed by atoms with Crippen molar-refractivity contribution in [3.05, 3.63) is 81.9 Å². The first-order valence-electron chi connectivity index (χ1n) is 9.07. The molecule has 0 fully saturated rings. The Morgan fingerprint density at radius 3 is 2.62 bits per heavy atom. The number of hydrogen-bond donors (Lipinski definition) is 0. The number of rotatable bonds is 7. The van der Waals surface area contributed by atoms with Crippen LogP contribution in [0.5, 0.6) is 5.75 Å². The van der Waals surface area contributed by atoms with Gasteiger partial charge in [0.1, 0.15) is 5.75 Å². The molecule has 29 heavy (non-hydrogen) atoms. The molecular weight excluding hydrogens is 408 g/mol. The standard InChI is InChI=1S/C21H19ClN4O2S/c1-28-17-8-6-15(7-9-17)14-29-21-24-19-5-3-2-4-18(19)20(27)26(21)11-10-25-13-16(22)12-23-25/h2-9,12-13H,10-11,14H2,1H3. The van der Waals surface area contributed by atoms with Crippen molar-refractivity contribution in [3.63, 3.8) is 0 Å². The van der Waals surface area contributed by atoms with Gasteiger partial charge in [0.15, 0.2) is 5.16 Å². The second kappa shape index (κ2) is 8.71. The molecular formula is C21H19ClN4O2S. The molecule has 4 rings (SSSR count). The van der Waals surface area contributed by atoms with Crippen LogP contribution in [0.15, 0.2) is 70.9 Å². The van der Waals surface area contributed by atoms with Crippen LogP contribution in [0.25, 0.3) is 10.9 Å². The molecule has 0 aliphatic rings. The van der Waals surface area contributed by atoms with Crippen molar-refractivity contribution in [3.8, 4) is 5.75 Å². The van der Waals surface area contributed by atoms with Gasteiger partial charge in [-0.1, -0.05) is 47.6 Å². The van der Waals surface area contributed by atoms with Crippen molar-refractivity contribution in [1.82, 2.24) is 19.3 Å². The van der Waals surface area contributed by atoms with Gasteiger partial charge in [0.2, 0.25) is 0 Å². The third-order valence-corrected chi connectivity index (χ3v) is 5.75. The average molecular weight is 427 g/mol. The molecule has 148 valence electrons. The van der Waals surface area contributed by atoms with E-state index in [4.69, 9.17) is 21.3 Å². The number of aryl methyl sites for hydroxylation is 1. The van der Waals surface area contributed by atoms with E-state index < -0.39 is 0 Å². The minimum atomic E-state index is -0.0499. The summed E-state index contributed by atoms with van der Waals surface area (Å²) in [4.78, 5) is 17.9. The number of hydrogen-bond acceptors (Lipinski definition) is 5. The van der Waals surface area contributed by atoms with E-state index in [0.29, 0.717) is 39.9 Å². The largest absolute Gasteiger partial charge is 0.497 e. The fourth-order valence-corrected chi connectivity index (χ4v) is 4.13. The lowest BCUT2D eigenvalue weighted by molar-refractivity contribution is 0.414. The molecule has 0 aliphatic heterocycles. The molecule has 4 aromatic rings. The highest BCUT2D eigenvalue weighted by molar-refractivity contribution is 7.98. The van der Waals surface area contributed by atoms with E-state index in [2.05, 4.69) is 5.10 Å². The highest BCUT2D eigenvalue weighted by Gasteiger charge is 2.12. The van der Waals surface area contributed by atoms with Gasteiger partial charge in [-0.15, -0.1) is 0 Å². The Morgan fingerprint density at radius 1 is 1.10 bits per heavy atom. The monoisotopic (exact) mass is 426 g/mol. The number of benzene rings is 2. The molecule has 0 atom stereocenters. The van der Waals surface area contributed by atoms with E-state index in [1.165, 1.54) is 11.8 Å². The van der Waals surface area contributed by atoms with E-state index >= 15 is 0 Å². The smallest absolute Gasteiger partial charge is 0.262 e. The number of aromatic nitrogens is 4. The number of para-hydroxylation sites is 1. The Kier molecular flexibility index (Phi) is 5.87. The molecule has 2 aromatic heterocycles. The zero-order chi connectivity index (χ0) is 20.2. The lowest BCUT2D eigenvalue weighted by Gasteiger charge is -2.13. The van der Waals surface area contributed by atoms with E-state index in [-0.39, 0.29) is 5.56 Å². The summed E-state index contributed by atoms with van der Waals surface area (Å²) in [6.45, 7) is 0.988. The fraction of sp³-hybridized carbons (Fsp3) is 0.190. The highest BCUT2D eigenvalue weighted by Crippen LogP contribution is 2.23. The molecule has 0 saturated heterocycles. The number of thioether (sulfide) groups is 1. The second-order valence-electron chi connectivity index (χ2n) is 6.43. The zero-order valence-electron chi connectivity index (χ0n) is 15.8. The van der Waals surface area contributed by atoms with E-state index in [9.17, 15) is 4.79 Å². The molecule has 8 heteroatoms. The van der Waals surface area contributed by atoms with Crippen LogP contribution in [0.2, 0.25) is 5.02 Å². The van der Waals surface area contributed by atoms with Gasteiger partial charge in [0, 0.05) is 18.5 Å². The van der Waals surface area contributed by atoms with E-state index in [1.807, 2.05) is 48.5 Å². The van der Waals surface area contributed by atoms with Crippen molar-refractivity contribution in [2.24, 2.45) is 0 Å². The Hall–Kier alpha value is -2.77. The Labute approximate surface area is 177 Å². The third kappa shape index (κ3) is 4.46. The molecule has 2 aromatic carbocycles. The van der Waals surface area contributed by atoms with Crippen molar-refractivity contribution in [1.29, 1.82) is 0 Å². The number of halogens is 1. The zero-order valence-corrected chi connectivity index (χ0v) is 17.4. The number of nitrogens with zero attached hydrogens (tertiary/aromatic N) is 4. The first-order chi connectivity index (χ1) is 14.1. The second-order valence-corrected chi connectivity index (χ2v) is 7.81. The van der Waals surface area contributed by atoms with Gasteiger partial charge in [-0.2, -0.15) is 5.10 Å². The number of ether oxygens (including phenoxy) is 1. The summed E-state index contributed by atoms with van der Waals surface area (Å²) in [5.74, 6) is 1.51. The minimum Gasteiger partial charge on any atom is -0.497 e. The average Bonchev–Trinajstić information content (AvgIpc) is 3.17. The van der Waals surface area contributed by atoms with Crippen LogP contribution in [-0.2, 0) is 18.8 Å². The van der Waals surface area contributed by atoms with Crippen LogP contribution in [0.1, 0.15) is 5.56 Å². The first kappa shape index (κ1) is 19.5. The van der Waals surface area contributed by atoms with Crippen LogP contribution >= 0.6 is 23.4 Å². The summed E-state index contributed by atoms with van der Waals surface area (Å²) in [6.07, 6.45) is 3.33. The van der Waals surface area contributed by atoms with Crippen LogP contribution in [0, 0.1) is 0 Å².